The molecular weight excluding hydrogens is 414 g/mol. The van der Waals surface area contributed by atoms with Crippen LogP contribution in [0.1, 0.15) is 25.5 Å². The van der Waals surface area contributed by atoms with Crippen LogP contribution in [0.4, 0.5) is 0 Å². The van der Waals surface area contributed by atoms with E-state index >= 15 is 0 Å². The Hall–Kier alpha value is -3.33. The molecule has 0 fully saturated rings. The zero-order valence-electron chi connectivity index (χ0n) is 17.2. The van der Waals surface area contributed by atoms with E-state index in [1.54, 1.807) is 0 Å². The van der Waals surface area contributed by atoms with Crippen LogP contribution in [0.25, 0.3) is 22.1 Å². The van der Waals surface area contributed by atoms with Crippen LogP contribution < -0.4 is 14.8 Å². The standard InChI is InChI=1S/C22H21N5O3S/c1-13(2)27-16-6-4-3-5-15(16)20-21(27)24-22(26-25-20)31-11-19(28)23-10-14-7-8-17-18(9-14)30-12-29-17/h3-9,13H,10-12H2,1-2H3,(H,23,28). The van der Waals surface area contributed by atoms with E-state index in [1.165, 1.54) is 11.8 Å². The number of aromatic nitrogens is 4. The predicted molar refractivity (Wildman–Crippen MR) is 118 cm³/mol. The second kappa shape index (κ2) is 8.07. The Balaban J connectivity index is 1.28. The number of nitrogens with one attached hydrogen (secondary N) is 1. The number of hydrogen-bond acceptors (Lipinski definition) is 7. The fourth-order valence-electron chi connectivity index (χ4n) is 3.66. The first-order valence-electron chi connectivity index (χ1n) is 10.0. The van der Waals surface area contributed by atoms with Crippen LogP contribution in [0.15, 0.2) is 47.6 Å². The molecule has 3 heterocycles. The van der Waals surface area contributed by atoms with Gasteiger partial charge in [-0.2, -0.15) is 0 Å². The molecule has 1 amide bonds. The molecule has 0 saturated heterocycles. The molecule has 158 valence electrons. The summed E-state index contributed by atoms with van der Waals surface area (Å²) in [7, 11) is 0. The Kier molecular flexibility index (Phi) is 5.11. The topological polar surface area (TPSA) is 91.2 Å². The molecule has 0 saturated carbocycles. The summed E-state index contributed by atoms with van der Waals surface area (Å²) in [6.07, 6.45) is 0. The largest absolute Gasteiger partial charge is 0.454 e. The molecule has 0 spiro atoms. The molecule has 5 rings (SSSR count). The second-order valence-electron chi connectivity index (χ2n) is 7.50. The monoisotopic (exact) mass is 435 g/mol. The smallest absolute Gasteiger partial charge is 0.231 e. The van der Waals surface area contributed by atoms with Gasteiger partial charge in [0.15, 0.2) is 17.1 Å². The summed E-state index contributed by atoms with van der Waals surface area (Å²) in [6.45, 7) is 4.88. The van der Waals surface area contributed by atoms with Gasteiger partial charge in [-0.1, -0.05) is 36.0 Å². The number of amides is 1. The summed E-state index contributed by atoms with van der Waals surface area (Å²) in [5, 5.41) is 13.1. The van der Waals surface area contributed by atoms with Crippen LogP contribution in [0.5, 0.6) is 11.5 Å². The van der Waals surface area contributed by atoms with Gasteiger partial charge in [-0.25, -0.2) is 4.98 Å². The molecule has 2 aromatic carbocycles. The number of carbonyl (C=O) groups is 1. The van der Waals surface area contributed by atoms with Crippen LogP contribution in [-0.2, 0) is 11.3 Å². The Morgan fingerprint density at radius 3 is 2.87 bits per heavy atom. The quantitative estimate of drug-likeness (QED) is 0.462. The first-order valence-corrected chi connectivity index (χ1v) is 11.0. The molecule has 8 nitrogen and oxygen atoms in total. The molecular formula is C22H21N5O3S. The molecule has 31 heavy (non-hydrogen) atoms. The number of thioether (sulfide) groups is 1. The van der Waals surface area contributed by atoms with Crippen molar-refractivity contribution in [2.24, 2.45) is 0 Å². The van der Waals surface area contributed by atoms with Crippen molar-refractivity contribution in [1.29, 1.82) is 0 Å². The van der Waals surface area contributed by atoms with E-state index in [-0.39, 0.29) is 24.5 Å². The Labute approximate surface area is 183 Å². The number of carbonyl (C=O) groups excluding carboxylic acids is 1. The zero-order valence-corrected chi connectivity index (χ0v) is 18.0. The highest BCUT2D eigenvalue weighted by molar-refractivity contribution is 7.99. The molecule has 1 aliphatic rings. The molecule has 0 bridgehead atoms. The molecule has 1 N–H and O–H groups in total. The highest BCUT2D eigenvalue weighted by Gasteiger charge is 2.17. The summed E-state index contributed by atoms with van der Waals surface area (Å²) in [4.78, 5) is 17.0. The summed E-state index contributed by atoms with van der Waals surface area (Å²) >= 11 is 1.27. The first kappa shape index (κ1) is 19.6. The van der Waals surface area contributed by atoms with Crippen molar-refractivity contribution in [2.45, 2.75) is 31.6 Å². The molecule has 4 aromatic rings. The lowest BCUT2D eigenvalue weighted by Gasteiger charge is -2.10. The lowest BCUT2D eigenvalue weighted by Crippen LogP contribution is -2.24. The van der Waals surface area contributed by atoms with Crippen LogP contribution in [-0.4, -0.2) is 38.2 Å². The number of fused-ring (bicyclic) bond motifs is 4. The van der Waals surface area contributed by atoms with Gasteiger partial charge in [0.1, 0.15) is 5.52 Å². The van der Waals surface area contributed by atoms with Crippen molar-refractivity contribution in [3.8, 4) is 11.5 Å². The highest BCUT2D eigenvalue weighted by atomic mass is 32.2. The van der Waals surface area contributed by atoms with Crippen molar-refractivity contribution < 1.29 is 14.3 Å². The maximum atomic E-state index is 12.3. The molecule has 1 aliphatic heterocycles. The molecule has 9 heteroatoms. The number of hydrogen-bond donors (Lipinski definition) is 1. The Bertz CT molecular complexity index is 1290. The van der Waals surface area contributed by atoms with Crippen LogP contribution >= 0.6 is 11.8 Å². The number of nitrogens with zero attached hydrogens (tertiary/aromatic N) is 4. The van der Waals surface area contributed by atoms with Crippen LogP contribution in [0.3, 0.4) is 0 Å². The average molecular weight is 436 g/mol. The number of ether oxygens (including phenoxy) is 2. The fourth-order valence-corrected chi connectivity index (χ4v) is 4.27. The van der Waals surface area contributed by atoms with E-state index in [1.807, 2.05) is 36.4 Å². The summed E-state index contributed by atoms with van der Waals surface area (Å²) in [5.74, 6) is 1.54. The minimum atomic E-state index is -0.101. The maximum Gasteiger partial charge on any atom is 0.231 e. The van der Waals surface area contributed by atoms with E-state index in [4.69, 9.17) is 14.5 Å². The van der Waals surface area contributed by atoms with Gasteiger partial charge in [-0.15, -0.1) is 10.2 Å². The molecule has 0 atom stereocenters. The van der Waals surface area contributed by atoms with Gasteiger partial charge >= 0.3 is 0 Å². The van der Waals surface area contributed by atoms with E-state index in [9.17, 15) is 4.79 Å². The number of para-hydroxylation sites is 1. The number of rotatable bonds is 6. The Morgan fingerprint density at radius 2 is 2.00 bits per heavy atom. The average Bonchev–Trinajstić information content (AvgIpc) is 3.37. The highest BCUT2D eigenvalue weighted by Crippen LogP contribution is 2.32. The van der Waals surface area contributed by atoms with Crippen LogP contribution in [0, 0.1) is 0 Å². The summed E-state index contributed by atoms with van der Waals surface area (Å²) in [5.41, 5.74) is 3.59. The van der Waals surface area contributed by atoms with Gasteiger partial charge in [0, 0.05) is 18.0 Å². The Morgan fingerprint density at radius 1 is 1.16 bits per heavy atom. The SMILES string of the molecule is CC(C)n1c2ccccc2c2nnc(SCC(=O)NCc3ccc4c(c3)OCO4)nc21. The van der Waals surface area contributed by atoms with Crippen molar-refractivity contribution in [3.05, 3.63) is 48.0 Å². The minimum Gasteiger partial charge on any atom is -0.454 e. The maximum absolute atomic E-state index is 12.3. The second-order valence-corrected chi connectivity index (χ2v) is 8.44. The third kappa shape index (κ3) is 3.76. The third-order valence-electron chi connectivity index (χ3n) is 5.07. The van der Waals surface area contributed by atoms with Crippen molar-refractivity contribution in [2.75, 3.05) is 12.5 Å². The van der Waals surface area contributed by atoms with Crippen LogP contribution in [0.2, 0.25) is 0 Å². The molecule has 2 aromatic heterocycles. The van der Waals surface area contributed by atoms with E-state index < -0.39 is 0 Å². The summed E-state index contributed by atoms with van der Waals surface area (Å²) in [6, 6.07) is 13.9. The lowest BCUT2D eigenvalue weighted by molar-refractivity contribution is -0.118. The van der Waals surface area contributed by atoms with Gasteiger partial charge < -0.3 is 19.4 Å². The van der Waals surface area contributed by atoms with Gasteiger partial charge in [-0.3, -0.25) is 4.79 Å². The molecule has 0 aliphatic carbocycles. The lowest BCUT2D eigenvalue weighted by atomic mass is 10.2. The summed E-state index contributed by atoms with van der Waals surface area (Å²) < 4.78 is 12.8. The molecule has 0 radical (unpaired) electrons. The van der Waals surface area contributed by atoms with Crippen molar-refractivity contribution in [1.82, 2.24) is 25.1 Å². The van der Waals surface area contributed by atoms with Gasteiger partial charge in [0.25, 0.3) is 0 Å². The number of benzene rings is 2. The molecule has 0 unspecified atom stereocenters. The van der Waals surface area contributed by atoms with E-state index in [2.05, 4.69) is 40.0 Å². The third-order valence-corrected chi connectivity index (χ3v) is 5.91. The van der Waals surface area contributed by atoms with Gasteiger partial charge in [-0.05, 0) is 37.6 Å². The normalized spacial score (nSPS) is 12.7. The fraction of sp³-hybridized carbons (Fsp3) is 0.273. The van der Waals surface area contributed by atoms with Gasteiger partial charge in [0.2, 0.25) is 17.9 Å². The zero-order chi connectivity index (χ0) is 21.4. The van der Waals surface area contributed by atoms with Crippen molar-refractivity contribution >= 4 is 39.7 Å². The van der Waals surface area contributed by atoms with Gasteiger partial charge in [0.05, 0.1) is 11.3 Å². The first-order chi connectivity index (χ1) is 15.1. The van der Waals surface area contributed by atoms with E-state index in [0.29, 0.717) is 17.5 Å². The van der Waals surface area contributed by atoms with Crippen molar-refractivity contribution in [3.63, 3.8) is 0 Å². The minimum absolute atomic E-state index is 0.101. The van der Waals surface area contributed by atoms with E-state index in [0.717, 1.165) is 33.4 Å². The predicted octanol–water partition coefficient (Wildman–Crippen LogP) is 3.70.